The third-order valence-corrected chi connectivity index (χ3v) is 3.67. The van der Waals surface area contributed by atoms with Gasteiger partial charge in [-0.1, -0.05) is 17.7 Å². The zero-order valence-electron chi connectivity index (χ0n) is 11.9. The number of ether oxygens (including phenoxy) is 2. The molecule has 0 unspecified atom stereocenters. The summed E-state index contributed by atoms with van der Waals surface area (Å²) in [5.74, 6) is 0.875. The minimum absolute atomic E-state index is 0.125. The van der Waals surface area contributed by atoms with Crippen molar-refractivity contribution in [1.82, 2.24) is 5.32 Å². The summed E-state index contributed by atoms with van der Waals surface area (Å²) in [5, 5.41) is 13.6. The fraction of sp³-hybridized carbons (Fsp3) is 0.600. The Balaban J connectivity index is 2.03. The largest absolute Gasteiger partial charge is 0.496 e. The molecule has 2 N–H and O–H groups in total. The fourth-order valence-electron chi connectivity index (χ4n) is 2.38. The number of aryl methyl sites for hydroxylation is 1. The maximum atomic E-state index is 10.2. The van der Waals surface area contributed by atoms with E-state index in [1.54, 1.807) is 7.11 Å². The Morgan fingerprint density at radius 3 is 2.95 bits per heavy atom. The minimum atomic E-state index is -0.731. The maximum Gasteiger partial charge on any atom is 0.123 e. The van der Waals surface area contributed by atoms with Gasteiger partial charge in [0.25, 0.3) is 0 Å². The van der Waals surface area contributed by atoms with Crippen LogP contribution in [0.4, 0.5) is 0 Å². The van der Waals surface area contributed by atoms with Crippen molar-refractivity contribution in [3.05, 3.63) is 29.3 Å². The van der Waals surface area contributed by atoms with Crippen molar-refractivity contribution < 1.29 is 14.6 Å². The highest BCUT2D eigenvalue weighted by molar-refractivity contribution is 5.38. The van der Waals surface area contributed by atoms with E-state index in [1.807, 2.05) is 12.1 Å². The highest BCUT2D eigenvalue weighted by atomic mass is 16.5. The molecule has 19 heavy (non-hydrogen) atoms. The summed E-state index contributed by atoms with van der Waals surface area (Å²) in [7, 11) is 1.68. The molecule has 0 aromatic heterocycles. The van der Waals surface area contributed by atoms with Crippen molar-refractivity contribution >= 4 is 0 Å². The van der Waals surface area contributed by atoms with Crippen LogP contribution in [0.1, 0.15) is 30.5 Å². The number of rotatable bonds is 5. The van der Waals surface area contributed by atoms with Crippen LogP contribution < -0.4 is 10.1 Å². The Hall–Kier alpha value is -1.10. The molecule has 4 nitrogen and oxygen atoms in total. The molecule has 4 heteroatoms. The minimum Gasteiger partial charge on any atom is -0.496 e. The van der Waals surface area contributed by atoms with Gasteiger partial charge in [0.05, 0.1) is 13.7 Å². The Morgan fingerprint density at radius 1 is 1.53 bits per heavy atom. The van der Waals surface area contributed by atoms with E-state index in [9.17, 15) is 5.11 Å². The maximum absolute atomic E-state index is 10.2. The van der Waals surface area contributed by atoms with Gasteiger partial charge in [0.2, 0.25) is 0 Å². The van der Waals surface area contributed by atoms with E-state index in [0.717, 1.165) is 11.3 Å². The molecule has 2 atom stereocenters. The van der Waals surface area contributed by atoms with Crippen LogP contribution in [0.15, 0.2) is 18.2 Å². The molecule has 0 radical (unpaired) electrons. The summed E-state index contributed by atoms with van der Waals surface area (Å²) >= 11 is 0. The van der Waals surface area contributed by atoms with Crippen LogP contribution in [0.3, 0.4) is 0 Å². The van der Waals surface area contributed by atoms with Gasteiger partial charge in [-0.2, -0.15) is 0 Å². The molecule has 0 amide bonds. The molecule has 1 aliphatic heterocycles. The predicted molar refractivity (Wildman–Crippen MR) is 74.5 cm³/mol. The molecule has 0 aliphatic carbocycles. The van der Waals surface area contributed by atoms with Crippen LogP contribution >= 0.6 is 0 Å². The van der Waals surface area contributed by atoms with Gasteiger partial charge in [-0.3, -0.25) is 0 Å². The molecule has 0 spiro atoms. The van der Waals surface area contributed by atoms with Gasteiger partial charge in [-0.15, -0.1) is 0 Å². The second kappa shape index (κ2) is 5.90. The molecule has 1 fully saturated rings. The van der Waals surface area contributed by atoms with E-state index in [1.165, 1.54) is 5.56 Å². The van der Waals surface area contributed by atoms with Gasteiger partial charge in [0.1, 0.15) is 11.4 Å². The molecule has 106 valence electrons. The molecule has 1 aliphatic rings. The lowest BCUT2D eigenvalue weighted by Gasteiger charge is -2.25. The Bertz CT molecular complexity index is 427. The molecular formula is C15H23NO3. The standard InChI is InChI=1S/C15H23NO3/c1-11-4-5-14(18-3)13(8-11)12(2)16-9-15(17)6-7-19-10-15/h4-5,8,12,16-17H,6-7,9-10H2,1-3H3/t12-,15+/m0/s1. The third-order valence-electron chi connectivity index (χ3n) is 3.67. The second-order valence-corrected chi connectivity index (χ2v) is 5.37. The fourth-order valence-corrected chi connectivity index (χ4v) is 2.38. The van der Waals surface area contributed by atoms with Gasteiger partial charge >= 0.3 is 0 Å². The number of benzene rings is 1. The Labute approximate surface area is 114 Å². The van der Waals surface area contributed by atoms with Crippen LogP contribution in [0.2, 0.25) is 0 Å². The van der Waals surface area contributed by atoms with Crippen molar-refractivity contribution in [3.8, 4) is 5.75 Å². The molecule has 0 saturated carbocycles. The van der Waals surface area contributed by atoms with Crippen molar-refractivity contribution in [2.75, 3.05) is 26.9 Å². The summed E-state index contributed by atoms with van der Waals surface area (Å²) < 4.78 is 10.6. The lowest BCUT2D eigenvalue weighted by Crippen LogP contribution is -2.41. The first-order valence-electron chi connectivity index (χ1n) is 6.72. The monoisotopic (exact) mass is 265 g/mol. The highest BCUT2D eigenvalue weighted by Crippen LogP contribution is 2.27. The smallest absolute Gasteiger partial charge is 0.123 e. The predicted octanol–water partition coefficient (Wildman–Crippen LogP) is 1.81. The third kappa shape index (κ3) is 3.47. The van der Waals surface area contributed by atoms with E-state index in [2.05, 4.69) is 25.2 Å². The molecule has 1 aromatic carbocycles. The summed E-state index contributed by atoms with van der Waals surface area (Å²) in [6, 6.07) is 6.26. The van der Waals surface area contributed by atoms with E-state index < -0.39 is 5.60 Å². The summed E-state index contributed by atoms with van der Waals surface area (Å²) in [6.07, 6.45) is 0.692. The lowest BCUT2D eigenvalue weighted by molar-refractivity contribution is 0.0251. The normalized spacial score (nSPS) is 24.4. The Morgan fingerprint density at radius 2 is 2.32 bits per heavy atom. The number of aliphatic hydroxyl groups is 1. The van der Waals surface area contributed by atoms with Crippen LogP contribution in [0.25, 0.3) is 0 Å². The van der Waals surface area contributed by atoms with Crippen LogP contribution in [0, 0.1) is 6.92 Å². The van der Waals surface area contributed by atoms with Gasteiger partial charge in [0.15, 0.2) is 0 Å². The van der Waals surface area contributed by atoms with Gasteiger partial charge in [-0.05, 0) is 19.9 Å². The van der Waals surface area contributed by atoms with E-state index in [-0.39, 0.29) is 6.04 Å². The first-order chi connectivity index (χ1) is 9.04. The molecule has 1 saturated heterocycles. The molecule has 1 aromatic rings. The molecule has 2 rings (SSSR count). The van der Waals surface area contributed by atoms with Crippen LogP contribution in [0.5, 0.6) is 5.75 Å². The molecular weight excluding hydrogens is 242 g/mol. The van der Waals surface area contributed by atoms with Crippen molar-refractivity contribution in [2.45, 2.75) is 31.9 Å². The van der Waals surface area contributed by atoms with E-state index in [4.69, 9.17) is 9.47 Å². The van der Waals surface area contributed by atoms with Crippen LogP contribution in [-0.2, 0) is 4.74 Å². The SMILES string of the molecule is COc1ccc(C)cc1[C@H](C)NC[C@]1(O)CCOC1. The first kappa shape index (κ1) is 14.3. The lowest BCUT2D eigenvalue weighted by atomic mass is 10.0. The van der Waals surface area contributed by atoms with E-state index >= 15 is 0 Å². The summed E-state index contributed by atoms with van der Waals surface area (Å²) in [6.45, 7) is 5.73. The van der Waals surface area contributed by atoms with Gasteiger partial charge < -0.3 is 19.9 Å². The second-order valence-electron chi connectivity index (χ2n) is 5.37. The van der Waals surface area contributed by atoms with Crippen molar-refractivity contribution in [1.29, 1.82) is 0 Å². The average Bonchev–Trinajstić information content (AvgIpc) is 2.83. The summed E-state index contributed by atoms with van der Waals surface area (Å²) in [4.78, 5) is 0. The van der Waals surface area contributed by atoms with Crippen molar-refractivity contribution in [2.24, 2.45) is 0 Å². The van der Waals surface area contributed by atoms with Gasteiger partial charge in [0, 0.05) is 31.2 Å². The zero-order chi connectivity index (χ0) is 13.9. The number of hydrogen-bond acceptors (Lipinski definition) is 4. The number of nitrogens with one attached hydrogen (secondary N) is 1. The van der Waals surface area contributed by atoms with Gasteiger partial charge in [-0.25, -0.2) is 0 Å². The topological polar surface area (TPSA) is 50.7 Å². The number of hydrogen-bond donors (Lipinski definition) is 2. The Kier molecular flexibility index (Phi) is 4.45. The van der Waals surface area contributed by atoms with Crippen LogP contribution in [-0.4, -0.2) is 37.6 Å². The molecule has 0 bridgehead atoms. The summed E-state index contributed by atoms with van der Waals surface area (Å²) in [5.41, 5.74) is 1.59. The average molecular weight is 265 g/mol. The quantitative estimate of drug-likeness (QED) is 0.852. The first-order valence-corrected chi connectivity index (χ1v) is 6.72. The highest BCUT2D eigenvalue weighted by Gasteiger charge is 2.32. The van der Waals surface area contributed by atoms with Crippen molar-refractivity contribution in [3.63, 3.8) is 0 Å². The number of methoxy groups -OCH3 is 1. The molecule has 1 heterocycles. The van der Waals surface area contributed by atoms with E-state index in [0.29, 0.717) is 26.2 Å². The zero-order valence-corrected chi connectivity index (χ0v) is 11.9.